The number of nitrogens with zero attached hydrogens (tertiary/aromatic N) is 1. The lowest BCUT2D eigenvalue weighted by atomic mass is 10.1. The topological polar surface area (TPSA) is 170 Å². The van der Waals surface area contributed by atoms with Crippen LogP contribution in [0.3, 0.4) is 0 Å². The van der Waals surface area contributed by atoms with Gasteiger partial charge in [0, 0.05) is 18.7 Å². The van der Waals surface area contributed by atoms with Crippen molar-refractivity contribution in [3.63, 3.8) is 0 Å². The lowest BCUT2D eigenvalue weighted by molar-refractivity contribution is -0.384. The van der Waals surface area contributed by atoms with Gasteiger partial charge in [-0.25, -0.2) is 14.0 Å². The number of nitro benzene ring substituents is 1. The molecule has 0 fully saturated rings. The fourth-order valence-electron chi connectivity index (χ4n) is 3.51. The third-order valence-electron chi connectivity index (χ3n) is 5.63. The second kappa shape index (κ2) is 17.7. The Morgan fingerprint density at radius 1 is 0.949 bits per heavy atom. The number of methoxy groups -OCH3 is 1. The van der Waals surface area contributed by atoms with Crippen LogP contribution in [0.2, 0.25) is 0 Å². The first kappa shape index (κ1) is 31.4. The summed E-state index contributed by atoms with van der Waals surface area (Å²) < 4.78 is 24.5. The highest BCUT2D eigenvalue weighted by atomic mass is 19.1. The zero-order valence-electron chi connectivity index (χ0n) is 22.1. The number of unbranched alkanes of at least 4 members (excludes halogenated alkanes) is 1. The molecule has 6 N–H and O–H groups in total. The number of nitrogens with two attached hydrogens (primary N) is 1. The summed E-state index contributed by atoms with van der Waals surface area (Å²) in [4.78, 5) is 34.7. The molecule has 0 saturated heterocycles. The van der Waals surface area contributed by atoms with Crippen LogP contribution in [0.4, 0.5) is 26.2 Å². The minimum Gasteiger partial charge on any atom is -0.465 e. The Morgan fingerprint density at radius 2 is 1.59 bits per heavy atom. The van der Waals surface area contributed by atoms with E-state index < -0.39 is 22.8 Å². The van der Waals surface area contributed by atoms with Crippen molar-refractivity contribution in [2.24, 2.45) is 5.73 Å². The monoisotopic (exact) mass is 548 g/mol. The highest BCUT2D eigenvalue weighted by Crippen LogP contribution is 2.26. The van der Waals surface area contributed by atoms with Crippen LogP contribution >= 0.6 is 0 Å². The molecule has 0 radical (unpaired) electrons. The summed E-state index contributed by atoms with van der Waals surface area (Å²) in [6, 6.07) is 7.80. The van der Waals surface area contributed by atoms with E-state index in [1.807, 2.05) is 0 Å². The molecule has 0 atom stereocenters. The molecule has 0 heterocycles. The molecule has 0 aromatic heterocycles. The van der Waals surface area contributed by atoms with Crippen LogP contribution in [0.25, 0.3) is 0 Å². The van der Waals surface area contributed by atoms with E-state index in [-0.39, 0.29) is 29.2 Å². The van der Waals surface area contributed by atoms with Crippen molar-refractivity contribution in [2.45, 2.75) is 32.3 Å². The third-order valence-corrected chi connectivity index (χ3v) is 5.63. The molecule has 0 aliphatic carbocycles. The van der Waals surface area contributed by atoms with Crippen LogP contribution in [0.15, 0.2) is 36.4 Å². The number of nitrogens with one attached hydrogen (secondary N) is 4. The van der Waals surface area contributed by atoms with E-state index in [0.29, 0.717) is 18.7 Å². The second-order valence-corrected chi connectivity index (χ2v) is 8.62. The SMILES string of the molecule is COC(=O)c1cc(F)c(NCCCNCCCCNCCCN)cc1NC(=O)OCc1ccc([N+](=O)[O-])cc1. The van der Waals surface area contributed by atoms with Gasteiger partial charge < -0.3 is 31.2 Å². The van der Waals surface area contributed by atoms with Gasteiger partial charge in [-0.15, -0.1) is 0 Å². The summed E-state index contributed by atoms with van der Waals surface area (Å²) in [5.41, 5.74) is 5.84. The Morgan fingerprint density at radius 3 is 2.21 bits per heavy atom. The normalized spacial score (nSPS) is 10.6. The molecule has 2 rings (SSSR count). The Kier molecular flexibility index (Phi) is 14.2. The molecular weight excluding hydrogens is 511 g/mol. The number of halogens is 1. The average molecular weight is 549 g/mol. The maximum absolute atomic E-state index is 14.7. The van der Waals surface area contributed by atoms with Crippen molar-refractivity contribution in [3.8, 4) is 0 Å². The number of non-ortho nitro benzene ring substituents is 1. The van der Waals surface area contributed by atoms with Gasteiger partial charge in [0.2, 0.25) is 0 Å². The van der Waals surface area contributed by atoms with Gasteiger partial charge in [0.25, 0.3) is 5.69 Å². The van der Waals surface area contributed by atoms with Crippen LogP contribution in [0.5, 0.6) is 0 Å². The first-order valence-electron chi connectivity index (χ1n) is 12.8. The van der Waals surface area contributed by atoms with Gasteiger partial charge in [0.1, 0.15) is 12.4 Å². The first-order chi connectivity index (χ1) is 18.8. The van der Waals surface area contributed by atoms with Crippen molar-refractivity contribution in [1.29, 1.82) is 0 Å². The molecule has 2 aromatic rings. The summed E-state index contributed by atoms with van der Waals surface area (Å²) in [5, 5.41) is 22.9. The predicted octanol–water partition coefficient (Wildman–Crippen LogP) is 3.38. The van der Waals surface area contributed by atoms with Gasteiger partial charge in [-0.3, -0.25) is 15.4 Å². The van der Waals surface area contributed by atoms with E-state index in [4.69, 9.17) is 15.2 Å². The number of anilines is 2. The molecule has 214 valence electrons. The van der Waals surface area contributed by atoms with E-state index in [9.17, 15) is 24.1 Å². The van der Waals surface area contributed by atoms with Gasteiger partial charge in [0.15, 0.2) is 0 Å². The number of rotatable bonds is 18. The zero-order valence-corrected chi connectivity index (χ0v) is 22.1. The summed E-state index contributed by atoms with van der Waals surface area (Å²) >= 11 is 0. The molecule has 39 heavy (non-hydrogen) atoms. The van der Waals surface area contributed by atoms with Crippen LogP contribution in [-0.4, -0.2) is 63.4 Å². The summed E-state index contributed by atoms with van der Waals surface area (Å²) in [5.74, 6) is -1.50. The van der Waals surface area contributed by atoms with E-state index in [0.717, 1.165) is 65.0 Å². The number of benzene rings is 2. The number of hydrogen-bond donors (Lipinski definition) is 5. The Hall–Kier alpha value is -3.81. The van der Waals surface area contributed by atoms with E-state index in [1.165, 1.54) is 30.3 Å². The van der Waals surface area contributed by atoms with Gasteiger partial charge in [-0.1, -0.05) is 0 Å². The molecular formula is C26H37FN6O6. The van der Waals surface area contributed by atoms with E-state index >= 15 is 0 Å². The summed E-state index contributed by atoms with van der Waals surface area (Å²) in [6.45, 7) is 4.52. The molecule has 0 aliphatic rings. The van der Waals surface area contributed by atoms with E-state index in [2.05, 4.69) is 21.3 Å². The lowest BCUT2D eigenvalue weighted by Crippen LogP contribution is -2.22. The van der Waals surface area contributed by atoms with Crippen LogP contribution in [-0.2, 0) is 16.1 Å². The van der Waals surface area contributed by atoms with E-state index in [1.54, 1.807) is 0 Å². The number of esters is 1. The van der Waals surface area contributed by atoms with Crippen LogP contribution in [0.1, 0.15) is 41.6 Å². The van der Waals surface area contributed by atoms with Crippen molar-refractivity contribution in [3.05, 3.63) is 63.5 Å². The Balaban J connectivity index is 1.83. The number of amides is 1. The highest BCUT2D eigenvalue weighted by Gasteiger charge is 2.19. The quantitative estimate of drug-likeness (QED) is 0.0805. The van der Waals surface area contributed by atoms with Gasteiger partial charge >= 0.3 is 12.1 Å². The van der Waals surface area contributed by atoms with Gasteiger partial charge in [-0.05, 0) is 88.2 Å². The van der Waals surface area contributed by atoms with Crippen molar-refractivity contribution in [1.82, 2.24) is 10.6 Å². The fraction of sp³-hybridized carbons (Fsp3) is 0.462. The number of nitro groups is 1. The second-order valence-electron chi connectivity index (χ2n) is 8.62. The molecule has 0 bridgehead atoms. The van der Waals surface area contributed by atoms with Crippen molar-refractivity contribution < 1.29 is 28.4 Å². The van der Waals surface area contributed by atoms with Crippen molar-refractivity contribution in [2.75, 3.05) is 57.0 Å². The number of carbonyl (C=O) groups is 2. The number of carbonyl (C=O) groups excluding carboxylic acids is 2. The van der Waals surface area contributed by atoms with Crippen LogP contribution < -0.4 is 27.0 Å². The molecule has 2 aromatic carbocycles. The molecule has 0 aliphatic heterocycles. The van der Waals surface area contributed by atoms with Crippen molar-refractivity contribution >= 4 is 29.1 Å². The average Bonchev–Trinajstić information content (AvgIpc) is 2.93. The largest absolute Gasteiger partial charge is 0.465 e. The predicted molar refractivity (Wildman–Crippen MR) is 146 cm³/mol. The molecule has 0 saturated carbocycles. The summed E-state index contributed by atoms with van der Waals surface area (Å²) in [7, 11) is 1.15. The number of hydrogen-bond acceptors (Lipinski definition) is 10. The fourth-order valence-corrected chi connectivity index (χ4v) is 3.51. The molecule has 0 spiro atoms. The minimum atomic E-state index is -0.894. The molecule has 1 amide bonds. The van der Waals surface area contributed by atoms with Crippen LogP contribution in [0, 0.1) is 15.9 Å². The molecule has 13 heteroatoms. The maximum Gasteiger partial charge on any atom is 0.411 e. The Bertz CT molecular complexity index is 1070. The first-order valence-corrected chi connectivity index (χ1v) is 12.8. The highest BCUT2D eigenvalue weighted by molar-refractivity contribution is 6.00. The molecule has 12 nitrogen and oxygen atoms in total. The Labute approximate surface area is 227 Å². The van der Waals surface area contributed by atoms with Gasteiger partial charge in [0.05, 0.1) is 29.0 Å². The van der Waals surface area contributed by atoms with Gasteiger partial charge in [-0.2, -0.15) is 0 Å². The standard InChI is InChI=1S/C26H37FN6O6/c1-38-25(34)21-16-22(27)24(31-15-5-14-30-12-3-2-11-29-13-4-10-28)17-23(21)32-26(35)39-18-19-6-8-20(9-7-19)33(36)37/h6-9,16-17,29-31H,2-5,10-15,18,28H2,1H3,(H,32,35). The minimum absolute atomic E-state index is 0.0117. The number of ether oxygens (including phenoxy) is 2. The smallest absolute Gasteiger partial charge is 0.411 e. The lowest BCUT2D eigenvalue weighted by Gasteiger charge is -2.14. The zero-order chi connectivity index (χ0) is 28.5. The molecule has 0 unspecified atom stereocenters. The maximum atomic E-state index is 14.7. The summed E-state index contributed by atoms with van der Waals surface area (Å²) in [6.07, 6.45) is 2.92. The third kappa shape index (κ3) is 11.6.